The van der Waals surface area contributed by atoms with E-state index in [1.807, 2.05) is 0 Å². The Morgan fingerprint density at radius 2 is 1.49 bits per heavy atom. The maximum atomic E-state index is 15.0. The molecule has 0 spiro atoms. The highest BCUT2D eigenvalue weighted by atomic mass is 32.2. The first-order chi connectivity index (χ1) is 19.9. The second kappa shape index (κ2) is 10.7. The average Bonchev–Trinajstić information content (AvgIpc) is 3.24. The Hall–Kier alpha value is -2.74. The van der Waals surface area contributed by atoms with Crippen molar-refractivity contribution in [2.24, 2.45) is 5.92 Å². The number of amides is 1. The van der Waals surface area contributed by atoms with Gasteiger partial charge in [-0.15, -0.1) is 0 Å². The number of nitrogens with zero attached hydrogens (tertiary/aromatic N) is 1. The molecule has 1 saturated heterocycles. The van der Waals surface area contributed by atoms with Crippen LogP contribution in [0.2, 0.25) is 0 Å². The van der Waals surface area contributed by atoms with Crippen molar-refractivity contribution in [2.45, 2.75) is 91.2 Å². The van der Waals surface area contributed by atoms with Gasteiger partial charge in [0, 0.05) is 18.0 Å². The van der Waals surface area contributed by atoms with Crippen molar-refractivity contribution in [3.05, 3.63) is 65.0 Å². The van der Waals surface area contributed by atoms with E-state index in [0.717, 1.165) is 30.3 Å². The highest BCUT2D eigenvalue weighted by Crippen LogP contribution is 2.56. The predicted molar refractivity (Wildman–Crippen MR) is 138 cm³/mol. The van der Waals surface area contributed by atoms with Crippen molar-refractivity contribution in [1.29, 1.82) is 0 Å². The molecule has 236 valence electrons. The largest absolute Gasteiger partial charge is 0.435 e. The van der Waals surface area contributed by atoms with Gasteiger partial charge in [0.2, 0.25) is 5.91 Å². The minimum absolute atomic E-state index is 0.0465. The molecule has 0 aromatic heterocycles. The van der Waals surface area contributed by atoms with Gasteiger partial charge in [-0.05, 0) is 86.8 Å². The molecule has 1 N–H and O–H groups in total. The Bertz CT molecular complexity index is 1470. The fourth-order valence-corrected chi connectivity index (χ4v) is 9.44. The summed E-state index contributed by atoms with van der Waals surface area (Å²) in [5.74, 6) is -1.58. The lowest BCUT2D eigenvalue weighted by Crippen LogP contribution is -2.51. The minimum atomic E-state index is -6.35. The monoisotopic (exact) mass is 639 g/mol. The number of benzene rings is 2. The number of alkyl halides is 7. The average molecular weight is 640 g/mol. The third kappa shape index (κ3) is 4.92. The number of carbonyl (C=O) groups excluding carboxylic acids is 1. The molecule has 2 atom stereocenters. The lowest BCUT2D eigenvalue weighted by molar-refractivity contribution is -0.348. The molecule has 3 aliphatic rings. The van der Waals surface area contributed by atoms with Gasteiger partial charge in [-0.2, -0.15) is 26.3 Å². The lowest BCUT2D eigenvalue weighted by atomic mass is 9.84. The third-order valence-corrected chi connectivity index (χ3v) is 11.8. The van der Waals surface area contributed by atoms with Crippen LogP contribution in [0.1, 0.15) is 61.6 Å². The topological polar surface area (TPSA) is 74.7 Å². The molecule has 1 saturated carbocycles. The zero-order valence-electron chi connectivity index (χ0n) is 22.7. The van der Waals surface area contributed by atoms with Crippen LogP contribution >= 0.6 is 0 Å². The third-order valence-electron chi connectivity index (χ3n) is 9.23. The minimum Gasteiger partial charge on any atom is -0.393 e. The molecule has 5 rings (SSSR count). The van der Waals surface area contributed by atoms with Crippen LogP contribution in [-0.4, -0.2) is 55.4 Å². The second-order valence-electron chi connectivity index (χ2n) is 11.6. The first-order valence-corrected chi connectivity index (χ1v) is 15.4. The molecule has 2 aromatic rings. The van der Waals surface area contributed by atoms with Crippen molar-refractivity contribution in [3.63, 3.8) is 0 Å². The summed E-state index contributed by atoms with van der Waals surface area (Å²) in [6, 6.07) is 4.37. The molecule has 0 unspecified atom stereocenters. The number of fused-ring (bicyclic) bond motifs is 3. The number of aliphatic hydroxyl groups is 1. The highest BCUT2D eigenvalue weighted by molar-refractivity contribution is 7.92. The van der Waals surface area contributed by atoms with E-state index in [1.54, 1.807) is 0 Å². The molecule has 14 heteroatoms. The van der Waals surface area contributed by atoms with Crippen LogP contribution < -0.4 is 0 Å². The Morgan fingerprint density at radius 3 is 2.07 bits per heavy atom. The van der Waals surface area contributed by atoms with Crippen LogP contribution in [0.25, 0.3) is 0 Å². The maximum absolute atomic E-state index is 15.0. The Balaban J connectivity index is 1.69. The van der Waals surface area contributed by atoms with Crippen LogP contribution in [0.4, 0.5) is 35.1 Å². The normalized spacial score (nSPS) is 26.9. The van der Waals surface area contributed by atoms with Crippen LogP contribution in [0.5, 0.6) is 0 Å². The van der Waals surface area contributed by atoms with E-state index in [0.29, 0.717) is 37.8 Å². The van der Waals surface area contributed by atoms with Crippen LogP contribution in [-0.2, 0) is 31.5 Å². The molecule has 0 bridgehead atoms. The molecule has 43 heavy (non-hydrogen) atoms. The van der Waals surface area contributed by atoms with Gasteiger partial charge >= 0.3 is 18.0 Å². The summed E-state index contributed by atoms with van der Waals surface area (Å²) in [4.78, 5) is 14.8. The molecular formula is C29H29F8NO4S. The van der Waals surface area contributed by atoms with Gasteiger partial charge in [0.15, 0.2) is 9.84 Å². The molecule has 5 nitrogen and oxygen atoms in total. The summed E-state index contributed by atoms with van der Waals surface area (Å²) in [5, 5.41) is 9.88. The fourth-order valence-electron chi connectivity index (χ4n) is 7.07. The number of carbonyl (C=O) groups is 1. The van der Waals surface area contributed by atoms with Crippen molar-refractivity contribution >= 4 is 15.7 Å². The number of likely N-dealkylation sites (tertiary alicyclic amines) is 1. The van der Waals surface area contributed by atoms with Crippen molar-refractivity contribution < 1.29 is 53.4 Å². The summed E-state index contributed by atoms with van der Waals surface area (Å²) < 4.78 is 137. The van der Waals surface area contributed by atoms with Gasteiger partial charge in [-0.3, -0.25) is 4.79 Å². The van der Waals surface area contributed by atoms with Crippen molar-refractivity contribution in [1.82, 2.24) is 4.90 Å². The van der Waals surface area contributed by atoms with E-state index >= 15 is 4.39 Å². The number of halogens is 8. The van der Waals surface area contributed by atoms with E-state index < -0.39 is 62.1 Å². The second-order valence-corrected chi connectivity index (χ2v) is 13.8. The van der Waals surface area contributed by atoms with E-state index in [4.69, 9.17) is 0 Å². The van der Waals surface area contributed by atoms with Gasteiger partial charge in [0.05, 0.1) is 17.0 Å². The Kier molecular flexibility index (Phi) is 7.89. The standard InChI is InChI=1S/C29H29F8NO4S/c30-20-7-11-22(12-8-20)43(41,42)26-14-15-38(25(40)17-4-9-21(39)10-5-17)24(26)3-1-2-18-16-19(6-13-23(18)26)27(31,28(32,33)34)29(35,36)37/h6-8,11-13,16-17,21,24,39H,1-5,9-10,14-15H2/t17?,21?,24-,26-/m0/s1. The number of sulfone groups is 1. The molecule has 2 fully saturated rings. The van der Waals surface area contributed by atoms with Crippen LogP contribution in [0, 0.1) is 11.7 Å². The molecule has 1 amide bonds. The van der Waals surface area contributed by atoms with Crippen molar-refractivity contribution in [2.75, 3.05) is 6.54 Å². The smallest absolute Gasteiger partial charge is 0.393 e. The molecule has 1 heterocycles. The van der Waals surface area contributed by atoms with Crippen molar-refractivity contribution in [3.8, 4) is 0 Å². The summed E-state index contributed by atoms with van der Waals surface area (Å²) in [7, 11) is -4.56. The summed E-state index contributed by atoms with van der Waals surface area (Å²) in [6.45, 7) is -0.0671. The van der Waals surface area contributed by atoms with E-state index in [-0.39, 0.29) is 54.2 Å². The first-order valence-electron chi connectivity index (χ1n) is 13.9. The summed E-state index contributed by atoms with van der Waals surface area (Å²) in [6.07, 6.45) is -12.0. The number of hydrogen-bond acceptors (Lipinski definition) is 4. The predicted octanol–water partition coefficient (Wildman–Crippen LogP) is 6.27. The van der Waals surface area contributed by atoms with Gasteiger partial charge in [0.1, 0.15) is 10.6 Å². The van der Waals surface area contributed by atoms with Crippen LogP contribution in [0.15, 0.2) is 47.4 Å². The number of aryl methyl sites for hydroxylation is 1. The van der Waals surface area contributed by atoms with Gasteiger partial charge < -0.3 is 10.0 Å². The molecule has 2 aromatic carbocycles. The van der Waals surface area contributed by atoms with E-state index in [9.17, 15) is 49.1 Å². The van der Waals surface area contributed by atoms with Gasteiger partial charge in [0.25, 0.3) is 0 Å². The SMILES string of the molecule is O=C(C1CCC(O)CC1)N1CC[C@]2(S(=O)(=O)c3ccc(F)cc3)c3ccc(C(F)(C(F)(F)F)C(F)(F)F)cc3CCC[C@H]12. The van der Waals surface area contributed by atoms with Crippen LogP contribution in [0.3, 0.4) is 0 Å². The zero-order chi connectivity index (χ0) is 31.6. The number of hydrogen-bond donors (Lipinski definition) is 1. The van der Waals surface area contributed by atoms with Gasteiger partial charge in [-0.1, -0.05) is 18.2 Å². The Labute approximate surface area is 242 Å². The summed E-state index contributed by atoms with van der Waals surface area (Å²) >= 11 is 0. The summed E-state index contributed by atoms with van der Waals surface area (Å²) in [5.41, 5.74) is -7.72. The highest BCUT2D eigenvalue weighted by Gasteiger charge is 2.73. The lowest BCUT2D eigenvalue weighted by Gasteiger charge is -2.39. The van der Waals surface area contributed by atoms with Gasteiger partial charge in [-0.25, -0.2) is 17.2 Å². The fraction of sp³-hybridized carbons (Fsp3) is 0.552. The Morgan fingerprint density at radius 1 is 0.884 bits per heavy atom. The quantitative estimate of drug-likeness (QED) is 0.316. The number of rotatable bonds is 4. The first kappa shape index (κ1) is 31.7. The molecule has 2 aliphatic carbocycles. The van der Waals surface area contributed by atoms with E-state index in [1.165, 1.54) is 4.90 Å². The van der Waals surface area contributed by atoms with E-state index in [2.05, 4.69) is 0 Å². The molecule has 1 aliphatic heterocycles. The number of aliphatic hydroxyl groups excluding tert-OH is 1. The molecular weight excluding hydrogens is 610 g/mol. The zero-order valence-corrected chi connectivity index (χ0v) is 23.5. The maximum Gasteiger partial charge on any atom is 0.435 e. The molecule has 0 radical (unpaired) electrons.